The molecule has 0 bridgehead atoms. The summed E-state index contributed by atoms with van der Waals surface area (Å²) >= 11 is 0. The summed E-state index contributed by atoms with van der Waals surface area (Å²) in [5, 5.41) is 3.72. The van der Waals surface area contributed by atoms with Gasteiger partial charge in [0.2, 0.25) is 0 Å². The van der Waals surface area contributed by atoms with Gasteiger partial charge in [0.1, 0.15) is 0 Å². The summed E-state index contributed by atoms with van der Waals surface area (Å²) in [6.45, 7) is 15.7. The van der Waals surface area contributed by atoms with Crippen LogP contribution in [-0.4, -0.2) is 60.6 Å². The summed E-state index contributed by atoms with van der Waals surface area (Å²) < 4.78 is 0. The third-order valence-electron chi connectivity index (χ3n) is 4.97. The average molecular weight is 281 g/mol. The molecule has 0 aromatic rings. The van der Waals surface area contributed by atoms with E-state index in [1.165, 1.54) is 58.4 Å². The highest BCUT2D eigenvalue weighted by atomic mass is 15.2. The van der Waals surface area contributed by atoms with Crippen LogP contribution < -0.4 is 5.32 Å². The van der Waals surface area contributed by atoms with E-state index in [2.05, 4.69) is 42.8 Å². The van der Waals surface area contributed by atoms with Crippen LogP contribution in [0.25, 0.3) is 0 Å². The lowest BCUT2D eigenvalue weighted by Crippen LogP contribution is -2.50. The zero-order chi connectivity index (χ0) is 14.5. The van der Waals surface area contributed by atoms with Crippen LogP contribution in [0, 0.1) is 5.92 Å². The van der Waals surface area contributed by atoms with Crippen molar-refractivity contribution in [2.75, 3.05) is 32.7 Å². The first-order chi connectivity index (χ1) is 9.54. The molecule has 0 saturated carbocycles. The van der Waals surface area contributed by atoms with Crippen LogP contribution in [0.5, 0.6) is 0 Å². The Morgan fingerprint density at radius 2 is 1.70 bits per heavy atom. The molecule has 20 heavy (non-hydrogen) atoms. The fraction of sp³-hybridized carbons (Fsp3) is 1.00. The molecule has 0 aliphatic carbocycles. The van der Waals surface area contributed by atoms with Crippen LogP contribution in [-0.2, 0) is 0 Å². The summed E-state index contributed by atoms with van der Waals surface area (Å²) in [5.41, 5.74) is 0. The Bertz CT molecular complexity index is 269. The third kappa shape index (κ3) is 5.01. The van der Waals surface area contributed by atoms with Gasteiger partial charge in [0.15, 0.2) is 0 Å². The molecule has 1 N–H and O–H groups in total. The Labute approximate surface area is 126 Å². The van der Waals surface area contributed by atoms with E-state index < -0.39 is 0 Å². The number of hydrogen-bond donors (Lipinski definition) is 1. The van der Waals surface area contributed by atoms with E-state index in [9.17, 15) is 0 Å². The molecule has 2 aliphatic heterocycles. The summed E-state index contributed by atoms with van der Waals surface area (Å²) in [7, 11) is 0. The lowest BCUT2D eigenvalue weighted by Gasteiger charge is -2.39. The van der Waals surface area contributed by atoms with Crippen molar-refractivity contribution >= 4 is 0 Å². The number of likely N-dealkylation sites (tertiary alicyclic amines) is 2. The molecule has 0 spiro atoms. The van der Waals surface area contributed by atoms with Crippen molar-refractivity contribution in [3.63, 3.8) is 0 Å². The van der Waals surface area contributed by atoms with Crippen LogP contribution >= 0.6 is 0 Å². The van der Waals surface area contributed by atoms with E-state index in [0.29, 0.717) is 6.04 Å². The van der Waals surface area contributed by atoms with Gasteiger partial charge < -0.3 is 15.1 Å². The fourth-order valence-corrected chi connectivity index (χ4v) is 3.85. The van der Waals surface area contributed by atoms with Gasteiger partial charge in [0.25, 0.3) is 0 Å². The topological polar surface area (TPSA) is 18.5 Å². The van der Waals surface area contributed by atoms with Crippen molar-refractivity contribution in [3.8, 4) is 0 Å². The molecular weight excluding hydrogens is 246 g/mol. The van der Waals surface area contributed by atoms with Crippen LogP contribution in [0.2, 0.25) is 0 Å². The Kier molecular flexibility index (Phi) is 6.31. The molecular formula is C17H35N3. The van der Waals surface area contributed by atoms with Gasteiger partial charge in [0.05, 0.1) is 0 Å². The van der Waals surface area contributed by atoms with E-state index in [4.69, 9.17) is 0 Å². The van der Waals surface area contributed by atoms with Crippen molar-refractivity contribution < 1.29 is 0 Å². The quantitative estimate of drug-likeness (QED) is 0.835. The first kappa shape index (κ1) is 16.3. The van der Waals surface area contributed by atoms with Crippen LogP contribution in [0.4, 0.5) is 0 Å². The first-order valence-corrected chi connectivity index (χ1v) is 8.77. The second-order valence-corrected chi connectivity index (χ2v) is 7.49. The Morgan fingerprint density at radius 3 is 2.30 bits per heavy atom. The second kappa shape index (κ2) is 7.77. The Hall–Kier alpha value is -0.120. The molecule has 1 atom stereocenters. The van der Waals surface area contributed by atoms with E-state index in [-0.39, 0.29) is 0 Å². The minimum absolute atomic E-state index is 0.620. The number of hydrogen-bond acceptors (Lipinski definition) is 3. The molecule has 0 aromatic heterocycles. The molecule has 0 unspecified atom stereocenters. The highest BCUT2D eigenvalue weighted by molar-refractivity contribution is 4.82. The van der Waals surface area contributed by atoms with Gasteiger partial charge in [-0.1, -0.05) is 13.8 Å². The van der Waals surface area contributed by atoms with Gasteiger partial charge in [-0.2, -0.15) is 0 Å². The van der Waals surface area contributed by atoms with E-state index >= 15 is 0 Å². The monoisotopic (exact) mass is 281 g/mol. The summed E-state index contributed by atoms with van der Waals surface area (Å²) in [6, 6.07) is 2.07. The molecule has 2 aliphatic rings. The van der Waals surface area contributed by atoms with Crippen molar-refractivity contribution in [2.24, 2.45) is 5.92 Å². The number of nitrogens with one attached hydrogen (secondary N) is 1. The molecule has 2 heterocycles. The summed E-state index contributed by atoms with van der Waals surface area (Å²) in [5.74, 6) is 0.933. The van der Waals surface area contributed by atoms with Crippen LogP contribution in [0.1, 0.15) is 53.4 Å². The largest absolute Gasteiger partial charge is 0.311 e. The smallest absolute Gasteiger partial charge is 0.0197 e. The highest BCUT2D eigenvalue weighted by Crippen LogP contribution is 2.21. The van der Waals surface area contributed by atoms with Crippen molar-refractivity contribution in [1.29, 1.82) is 0 Å². The number of nitrogens with zero attached hydrogens (tertiary/aromatic N) is 2. The van der Waals surface area contributed by atoms with Crippen molar-refractivity contribution in [1.82, 2.24) is 15.1 Å². The van der Waals surface area contributed by atoms with Gasteiger partial charge in [0, 0.05) is 31.2 Å². The van der Waals surface area contributed by atoms with Gasteiger partial charge in [-0.15, -0.1) is 0 Å². The minimum atomic E-state index is 0.620. The van der Waals surface area contributed by atoms with Gasteiger partial charge >= 0.3 is 0 Å². The lowest BCUT2D eigenvalue weighted by molar-refractivity contribution is 0.105. The third-order valence-corrected chi connectivity index (χ3v) is 4.97. The van der Waals surface area contributed by atoms with Gasteiger partial charge in [-0.3, -0.25) is 0 Å². The molecule has 0 radical (unpaired) electrons. The van der Waals surface area contributed by atoms with Crippen LogP contribution in [0.3, 0.4) is 0 Å². The molecule has 2 rings (SSSR count). The Balaban J connectivity index is 1.71. The van der Waals surface area contributed by atoms with Crippen molar-refractivity contribution in [2.45, 2.75) is 71.5 Å². The van der Waals surface area contributed by atoms with Crippen LogP contribution in [0.15, 0.2) is 0 Å². The predicted octanol–water partition coefficient (Wildman–Crippen LogP) is 2.57. The van der Waals surface area contributed by atoms with Gasteiger partial charge in [-0.05, 0) is 65.1 Å². The zero-order valence-corrected chi connectivity index (χ0v) is 14.1. The molecule has 118 valence electrons. The van der Waals surface area contributed by atoms with Gasteiger partial charge in [-0.25, -0.2) is 0 Å². The number of rotatable bonds is 5. The fourth-order valence-electron chi connectivity index (χ4n) is 3.85. The SMILES string of the molecule is CC(C)N[C@H]1CCCN(CC2CCN(C(C)C)CC2)C1. The summed E-state index contributed by atoms with van der Waals surface area (Å²) in [4.78, 5) is 5.36. The average Bonchev–Trinajstić information content (AvgIpc) is 2.39. The molecule has 0 aromatic carbocycles. The molecule has 3 nitrogen and oxygen atoms in total. The Morgan fingerprint density at radius 1 is 1.00 bits per heavy atom. The molecule has 0 amide bonds. The first-order valence-electron chi connectivity index (χ1n) is 8.77. The van der Waals surface area contributed by atoms with E-state index in [1.807, 2.05) is 0 Å². The minimum Gasteiger partial charge on any atom is -0.311 e. The molecule has 3 heteroatoms. The zero-order valence-electron chi connectivity index (χ0n) is 14.1. The second-order valence-electron chi connectivity index (χ2n) is 7.49. The highest BCUT2D eigenvalue weighted by Gasteiger charge is 2.25. The maximum atomic E-state index is 3.72. The standard InChI is InChI=1S/C17H35N3/c1-14(2)18-17-6-5-9-19(13-17)12-16-7-10-20(11-8-16)15(3)4/h14-18H,5-13H2,1-4H3/t17-/m0/s1. The van der Waals surface area contributed by atoms with E-state index in [1.54, 1.807) is 0 Å². The lowest BCUT2D eigenvalue weighted by atomic mass is 9.94. The molecule has 2 fully saturated rings. The van der Waals surface area contributed by atoms with E-state index in [0.717, 1.165) is 18.0 Å². The normalized spacial score (nSPS) is 27.6. The number of piperidine rings is 2. The summed E-state index contributed by atoms with van der Waals surface area (Å²) in [6.07, 6.45) is 5.53. The molecule has 2 saturated heterocycles. The maximum Gasteiger partial charge on any atom is 0.0197 e. The predicted molar refractivity (Wildman–Crippen MR) is 87.2 cm³/mol. The maximum absolute atomic E-state index is 3.72. The van der Waals surface area contributed by atoms with Crippen molar-refractivity contribution in [3.05, 3.63) is 0 Å².